The molecule has 0 aliphatic rings. The van der Waals surface area contributed by atoms with Crippen LogP contribution in [0.1, 0.15) is 22.5 Å². The summed E-state index contributed by atoms with van der Waals surface area (Å²) in [6, 6.07) is 5.84. The number of methoxy groups -OCH3 is 1. The molecule has 1 aromatic heterocycles. The van der Waals surface area contributed by atoms with E-state index in [0.717, 1.165) is 32.7 Å². The summed E-state index contributed by atoms with van der Waals surface area (Å²) in [4.78, 5) is 10.9. The van der Waals surface area contributed by atoms with Gasteiger partial charge in [-0.1, -0.05) is 6.07 Å². The molecule has 0 fully saturated rings. The maximum absolute atomic E-state index is 10.9. The molecule has 112 valence electrons. The number of aromatic nitrogens is 2. The Morgan fingerprint density at radius 1 is 1.43 bits per heavy atom. The van der Waals surface area contributed by atoms with Crippen molar-refractivity contribution in [2.24, 2.45) is 0 Å². The van der Waals surface area contributed by atoms with Crippen molar-refractivity contribution in [2.45, 2.75) is 26.8 Å². The maximum Gasteiger partial charge on any atom is 0.307 e. The monoisotopic (exact) mass is 352 g/mol. The van der Waals surface area contributed by atoms with Crippen LogP contribution in [0.2, 0.25) is 0 Å². The van der Waals surface area contributed by atoms with Gasteiger partial charge in [0.25, 0.3) is 0 Å². The number of hydrogen-bond acceptors (Lipinski definition) is 3. The van der Waals surface area contributed by atoms with E-state index in [0.29, 0.717) is 6.54 Å². The van der Waals surface area contributed by atoms with E-state index < -0.39 is 5.97 Å². The highest BCUT2D eigenvalue weighted by Crippen LogP contribution is 2.26. The van der Waals surface area contributed by atoms with Crippen molar-refractivity contribution in [2.75, 3.05) is 7.11 Å². The number of carboxylic acids is 1. The predicted octanol–water partition coefficient (Wildman–Crippen LogP) is 2.95. The van der Waals surface area contributed by atoms with Crippen molar-refractivity contribution in [3.63, 3.8) is 0 Å². The van der Waals surface area contributed by atoms with Gasteiger partial charge in [0, 0.05) is 11.3 Å². The average molecular weight is 353 g/mol. The van der Waals surface area contributed by atoms with Crippen molar-refractivity contribution >= 4 is 21.9 Å². The Bertz CT molecular complexity index is 680. The molecule has 0 saturated heterocycles. The summed E-state index contributed by atoms with van der Waals surface area (Å²) in [5.41, 5.74) is 3.51. The van der Waals surface area contributed by atoms with Crippen molar-refractivity contribution in [1.29, 1.82) is 0 Å². The normalized spacial score (nSPS) is 10.7. The minimum Gasteiger partial charge on any atom is -0.496 e. The van der Waals surface area contributed by atoms with Crippen molar-refractivity contribution in [3.8, 4) is 5.75 Å². The summed E-state index contributed by atoms with van der Waals surface area (Å²) in [5, 5.41) is 13.4. The Morgan fingerprint density at radius 3 is 2.71 bits per heavy atom. The molecule has 0 radical (unpaired) electrons. The molecule has 0 aliphatic carbocycles. The van der Waals surface area contributed by atoms with E-state index in [4.69, 9.17) is 9.84 Å². The molecule has 0 spiro atoms. The minimum absolute atomic E-state index is 0.00394. The van der Waals surface area contributed by atoms with Gasteiger partial charge in [0.15, 0.2) is 0 Å². The van der Waals surface area contributed by atoms with Crippen LogP contribution in [0.15, 0.2) is 22.7 Å². The molecule has 6 heteroatoms. The summed E-state index contributed by atoms with van der Waals surface area (Å²) < 4.78 is 7.93. The lowest BCUT2D eigenvalue weighted by Crippen LogP contribution is -2.06. The summed E-state index contributed by atoms with van der Waals surface area (Å²) in [6.07, 6.45) is 0.00394. The van der Waals surface area contributed by atoms with Gasteiger partial charge in [0.05, 0.1) is 30.2 Å². The van der Waals surface area contributed by atoms with Gasteiger partial charge in [-0.3, -0.25) is 9.48 Å². The first-order valence-electron chi connectivity index (χ1n) is 6.49. The largest absolute Gasteiger partial charge is 0.496 e. The number of halogens is 1. The molecule has 1 heterocycles. The molecule has 1 aromatic carbocycles. The Balaban J connectivity index is 2.28. The zero-order valence-electron chi connectivity index (χ0n) is 12.2. The second-order valence-corrected chi connectivity index (χ2v) is 5.70. The van der Waals surface area contributed by atoms with Gasteiger partial charge in [0.1, 0.15) is 5.75 Å². The Morgan fingerprint density at radius 2 is 2.14 bits per heavy atom. The maximum atomic E-state index is 10.9. The lowest BCUT2D eigenvalue weighted by atomic mass is 10.1. The van der Waals surface area contributed by atoms with Crippen LogP contribution in [0.25, 0.3) is 0 Å². The molecule has 0 aliphatic heterocycles. The molecular weight excluding hydrogens is 336 g/mol. The fourth-order valence-corrected chi connectivity index (χ4v) is 2.86. The van der Waals surface area contributed by atoms with Crippen LogP contribution < -0.4 is 4.74 Å². The standard InChI is InChI=1S/C15H17BrN2O3/c1-9-12(7-15(19)20)10(2)18(17-9)8-11-4-5-14(21-3)13(16)6-11/h4-6H,7-8H2,1-3H3,(H,19,20). The minimum atomic E-state index is -0.840. The van der Waals surface area contributed by atoms with Crippen LogP contribution in [-0.2, 0) is 17.8 Å². The third kappa shape index (κ3) is 3.44. The van der Waals surface area contributed by atoms with E-state index in [1.807, 2.05) is 36.7 Å². The van der Waals surface area contributed by atoms with Crippen LogP contribution >= 0.6 is 15.9 Å². The van der Waals surface area contributed by atoms with E-state index in [2.05, 4.69) is 21.0 Å². The Kier molecular flexibility index (Phi) is 4.67. The fourth-order valence-electron chi connectivity index (χ4n) is 2.28. The van der Waals surface area contributed by atoms with Gasteiger partial charge in [-0.25, -0.2) is 0 Å². The number of carboxylic acid groups (broad SMARTS) is 1. The van der Waals surface area contributed by atoms with Gasteiger partial charge in [0.2, 0.25) is 0 Å². The van der Waals surface area contributed by atoms with Gasteiger partial charge in [-0.15, -0.1) is 0 Å². The number of rotatable bonds is 5. The first-order valence-corrected chi connectivity index (χ1v) is 7.28. The van der Waals surface area contributed by atoms with Crippen molar-refractivity contribution in [3.05, 3.63) is 45.2 Å². The number of hydrogen-bond donors (Lipinski definition) is 1. The van der Waals surface area contributed by atoms with Crippen LogP contribution in [0.4, 0.5) is 0 Å². The van der Waals surface area contributed by atoms with E-state index in [1.54, 1.807) is 7.11 Å². The molecule has 0 unspecified atom stereocenters. The van der Waals surface area contributed by atoms with Crippen LogP contribution in [0.5, 0.6) is 5.75 Å². The molecule has 5 nitrogen and oxygen atoms in total. The highest BCUT2D eigenvalue weighted by Gasteiger charge is 2.14. The van der Waals surface area contributed by atoms with Gasteiger partial charge in [-0.05, 0) is 47.5 Å². The Labute approximate surface area is 131 Å². The zero-order chi connectivity index (χ0) is 15.6. The van der Waals surface area contributed by atoms with Crippen molar-refractivity contribution in [1.82, 2.24) is 9.78 Å². The zero-order valence-corrected chi connectivity index (χ0v) is 13.8. The second-order valence-electron chi connectivity index (χ2n) is 4.85. The van der Waals surface area contributed by atoms with E-state index in [-0.39, 0.29) is 6.42 Å². The van der Waals surface area contributed by atoms with Crippen LogP contribution in [0, 0.1) is 13.8 Å². The Hall–Kier alpha value is -1.82. The molecule has 0 atom stereocenters. The van der Waals surface area contributed by atoms with Crippen LogP contribution in [-0.4, -0.2) is 28.0 Å². The molecular formula is C15H17BrN2O3. The number of aryl methyl sites for hydroxylation is 1. The number of ether oxygens (including phenoxy) is 1. The van der Waals surface area contributed by atoms with Crippen molar-refractivity contribution < 1.29 is 14.6 Å². The molecule has 0 saturated carbocycles. The smallest absolute Gasteiger partial charge is 0.307 e. The SMILES string of the molecule is COc1ccc(Cn2nc(C)c(CC(=O)O)c2C)cc1Br. The topological polar surface area (TPSA) is 64.4 Å². The lowest BCUT2D eigenvalue weighted by Gasteiger charge is -2.08. The molecule has 2 aromatic rings. The van der Waals surface area contributed by atoms with Gasteiger partial charge >= 0.3 is 5.97 Å². The summed E-state index contributed by atoms with van der Waals surface area (Å²) >= 11 is 3.46. The third-order valence-electron chi connectivity index (χ3n) is 3.41. The molecule has 0 bridgehead atoms. The number of carbonyl (C=O) groups is 1. The second kappa shape index (κ2) is 6.30. The fraction of sp³-hybridized carbons (Fsp3) is 0.333. The summed E-state index contributed by atoms with van der Waals surface area (Å²) in [6.45, 7) is 4.33. The number of benzene rings is 1. The predicted molar refractivity (Wildman–Crippen MR) is 82.8 cm³/mol. The van der Waals surface area contributed by atoms with Crippen LogP contribution in [0.3, 0.4) is 0 Å². The summed E-state index contributed by atoms with van der Waals surface area (Å²) in [7, 11) is 1.62. The van der Waals surface area contributed by atoms with E-state index in [1.165, 1.54) is 0 Å². The first-order chi connectivity index (χ1) is 9.92. The number of nitrogens with zero attached hydrogens (tertiary/aromatic N) is 2. The molecule has 0 amide bonds. The third-order valence-corrected chi connectivity index (χ3v) is 4.03. The number of aliphatic carboxylic acids is 1. The quantitative estimate of drug-likeness (QED) is 0.898. The highest BCUT2D eigenvalue weighted by atomic mass is 79.9. The molecule has 2 rings (SSSR count). The molecule has 21 heavy (non-hydrogen) atoms. The lowest BCUT2D eigenvalue weighted by molar-refractivity contribution is -0.136. The van der Waals surface area contributed by atoms with Gasteiger partial charge < -0.3 is 9.84 Å². The first kappa shape index (κ1) is 15.6. The van der Waals surface area contributed by atoms with Gasteiger partial charge in [-0.2, -0.15) is 5.10 Å². The summed E-state index contributed by atoms with van der Waals surface area (Å²) in [5.74, 6) is -0.0633. The highest BCUT2D eigenvalue weighted by molar-refractivity contribution is 9.10. The average Bonchev–Trinajstić information content (AvgIpc) is 2.66. The van der Waals surface area contributed by atoms with E-state index in [9.17, 15) is 4.79 Å². The molecule has 1 N–H and O–H groups in total. The van der Waals surface area contributed by atoms with E-state index >= 15 is 0 Å².